The Morgan fingerprint density at radius 1 is 1.36 bits per heavy atom. The third kappa shape index (κ3) is 4.60. The largest absolute Gasteiger partial charge is 0.392 e. The third-order valence-electron chi connectivity index (χ3n) is 5.42. The normalized spacial score (nSPS) is 28.0. The number of carbonyl (C=O) groups is 1. The Labute approximate surface area is 150 Å². The molecule has 0 spiro atoms. The number of amides is 1. The summed E-state index contributed by atoms with van der Waals surface area (Å²) in [6.45, 7) is 6.07. The lowest BCUT2D eigenvalue weighted by molar-refractivity contribution is -0.156. The molecule has 0 saturated heterocycles. The molecule has 0 radical (unpaired) electrons. The number of hydrogen-bond donors (Lipinski definition) is 4. The van der Waals surface area contributed by atoms with Crippen molar-refractivity contribution in [2.24, 2.45) is 17.8 Å². The van der Waals surface area contributed by atoms with E-state index in [0.717, 1.165) is 12.8 Å². The van der Waals surface area contributed by atoms with E-state index in [4.69, 9.17) is 0 Å². The second-order valence-electron chi connectivity index (χ2n) is 7.79. The van der Waals surface area contributed by atoms with Crippen LogP contribution in [0.25, 0.3) is 0 Å². The highest BCUT2D eigenvalue weighted by atomic mass is 16.3. The van der Waals surface area contributed by atoms with Gasteiger partial charge in [0.15, 0.2) is 0 Å². The van der Waals surface area contributed by atoms with E-state index in [9.17, 15) is 20.1 Å². The molecule has 1 aromatic carbocycles. The van der Waals surface area contributed by atoms with Gasteiger partial charge < -0.3 is 20.6 Å². The first-order valence-corrected chi connectivity index (χ1v) is 9.16. The van der Waals surface area contributed by atoms with E-state index in [0.29, 0.717) is 23.5 Å². The van der Waals surface area contributed by atoms with E-state index in [1.54, 1.807) is 24.3 Å². The number of aliphatic hydroxyl groups excluding tert-OH is 2. The van der Waals surface area contributed by atoms with Gasteiger partial charge in [-0.3, -0.25) is 4.79 Å². The molecule has 0 aliphatic heterocycles. The number of aliphatic hydroxyl groups is 3. The lowest BCUT2D eigenvalue weighted by Gasteiger charge is -2.43. The van der Waals surface area contributed by atoms with E-state index in [-0.39, 0.29) is 25.0 Å². The Bertz CT molecular complexity index is 589. The van der Waals surface area contributed by atoms with E-state index in [1.807, 2.05) is 13.8 Å². The first kappa shape index (κ1) is 19.9. The van der Waals surface area contributed by atoms with Gasteiger partial charge in [-0.25, -0.2) is 0 Å². The molecule has 0 heterocycles. The molecule has 1 amide bonds. The average molecular weight is 349 g/mol. The lowest BCUT2D eigenvalue weighted by atomic mass is 9.66. The van der Waals surface area contributed by atoms with Crippen molar-refractivity contribution in [2.75, 3.05) is 6.54 Å². The van der Waals surface area contributed by atoms with Crippen molar-refractivity contribution < 1.29 is 20.1 Å². The Kier molecular flexibility index (Phi) is 6.60. The predicted octanol–water partition coefficient (Wildman–Crippen LogP) is 2.15. The van der Waals surface area contributed by atoms with Crippen molar-refractivity contribution in [2.45, 2.75) is 58.3 Å². The second-order valence-corrected chi connectivity index (χ2v) is 7.79. The minimum atomic E-state index is -1.38. The summed E-state index contributed by atoms with van der Waals surface area (Å²) < 4.78 is 0. The van der Waals surface area contributed by atoms with Crippen LogP contribution in [0.5, 0.6) is 0 Å². The van der Waals surface area contributed by atoms with Crippen LogP contribution in [0, 0.1) is 17.8 Å². The quantitative estimate of drug-likeness (QED) is 0.633. The Morgan fingerprint density at radius 2 is 2.08 bits per heavy atom. The van der Waals surface area contributed by atoms with E-state index in [2.05, 4.69) is 12.2 Å². The second kappa shape index (κ2) is 8.30. The summed E-state index contributed by atoms with van der Waals surface area (Å²) >= 11 is 0. The molecule has 0 aromatic heterocycles. The van der Waals surface area contributed by atoms with Crippen LogP contribution in [0.15, 0.2) is 24.3 Å². The lowest BCUT2D eigenvalue weighted by Crippen LogP contribution is -2.56. The van der Waals surface area contributed by atoms with Crippen molar-refractivity contribution in [3.63, 3.8) is 0 Å². The van der Waals surface area contributed by atoms with Crippen molar-refractivity contribution in [3.05, 3.63) is 35.4 Å². The van der Waals surface area contributed by atoms with E-state index >= 15 is 0 Å². The first-order valence-electron chi connectivity index (χ1n) is 9.16. The molecule has 1 aliphatic rings. The zero-order chi connectivity index (χ0) is 18.6. The summed E-state index contributed by atoms with van der Waals surface area (Å²) in [5.74, 6) is 0.0555. The Hall–Kier alpha value is -1.43. The van der Waals surface area contributed by atoms with Crippen LogP contribution >= 0.6 is 0 Å². The van der Waals surface area contributed by atoms with Gasteiger partial charge in [-0.1, -0.05) is 51.5 Å². The molecule has 25 heavy (non-hydrogen) atoms. The molecule has 1 fully saturated rings. The molecule has 140 valence electrons. The molecular weight excluding hydrogens is 318 g/mol. The molecule has 0 bridgehead atoms. The van der Waals surface area contributed by atoms with Gasteiger partial charge >= 0.3 is 0 Å². The van der Waals surface area contributed by atoms with Crippen LogP contribution in [0.1, 0.15) is 57.3 Å². The van der Waals surface area contributed by atoms with Crippen LogP contribution in [-0.2, 0) is 11.4 Å². The summed E-state index contributed by atoms with van der Waals surface area (Å²) in [6.07, 6.45) is 1.44. The highest BCUT2D eigenvalue weighted by Crippen LogP contribution is 2.41. The molecule has 4 N–H and O–H groups in total. The van der Waals surface area contributed by atoms with Crippen molar-refractivity contribution >= 4 is 5.91 Å². The number of rotatable bonds is 6. The molecule has 5 nitrogen and oxygen atoms in total. The van der Waals surface area contributed by atoms with Gasteiger partial charge in [0.1, 0.15) is 5.60 Å². The molecular formula is C20H31NO4. The summed E-state index contributed by atoms with van der Waals surface area (Å²) in [5, 5.41) is 33.3. The van der Waals surface area contributed by atoms with Crippen molar-refractivity contribution in [1.82, 2.24) is 5.32 Å². The first-order chi connectivity index (χ1) is 11.8. The highest BCUT2D eigenvalue weighted by Gasteiger charge is 2.48. The fraction of sp³-hybridized carbons (Fsp3) is 0.650. The van der Waals surface area contributed by atoms with Gasteiger partial charge in [0.2, 0.25) is 0 Å². The maximum atomic E-state index is 12.7. The fourth-order valence-electron chi connectivity index (χ4n) is 3.99. The van der Waals surface area contributed by atoms with Crippen molar-refractivity contribution in [1.29, 1.82) is 0 Å². The fourth-order valence-corrected chi connectivity index (χ4v) is 3.99. The number of nitrogens with one attached hydrogen (secondary N) is 1. The van der Waals surface area contributed by atoms with Gasteiger partial charge in [0, 0.05) is 6.54 Å². The molecule has 2 rings (SSSR count). The zero-order valence-corrected chi connectivity index (χ0v) is 15.4. The SMILES string of the molecule is CC1CCC(C(C)C)C(O)(C(=O)NC[C@@H](O)c2cccc(CO)c2)C1. The minimum Gasteiger partial charge on any atom is -0.392 e. The van der Waals surface area contributed by atoms with Gasteiger partial charge in [0.25, 0.3) is 5.91 Å². The maximum Gasteiger partial charge on any atom is 0.252 e. The summed E-state index contributed by atoms with van der Waals surface area (Å²) in [5.41, 5.74) is -0.0304. The molecule has 4 atom stereocenters. The number of hydrogen-bond acceptors (Lipinski definition) is 4. The van der Waals surface area contributed by atoms with E-state index < -0.39 is 17.6 Å². The molecule has 3 unspecified atom stereocenters. The summed E-state index contributed by atoms with van der Waals surface area (Å²) in [6, 6.07) is 7.00. The third-order valence-corrected chi connectivity index (χ3v) is 5.42. The number of benzene rings is 1. The molecule has 1 aliphatic carbocycles. The van der Waals surface area contributed by atoms with Gasteiger partial charge in [-0.2, -0.15) is 0 Å². The number of carbonyl (C=O) groups excluding carboxylic acids is 1. The highest BCUT2D eigenvalue weighted by molar-refractivity contribution is 5.85. The van der Waals surface area contributed by atoms with Gasteiger partial charge in [0.05, 0.1) is 12.7 Å². The molecule has 5 heteroatoms. The summed E-state index contributed by atoms with van der Waals surface area (Å²) in [7, 11) is 0. The monoisotopic (exact) mass is 349 g/mol. The van der Waals surface area contributed by atoms with Crippen LogP contribution in [-0.4, -0.2) is 33.4 Å². The van der Waals surface area contributed by atoms with E-state index in [1.165, 1.54) is 0 Å². The molecule has 1 saturated carbocycles. The van der Waals surface area contributed by atoms with Crippen LogP contribution in [0.4, 0.5) is 0 Å². The predicted molar refractivity (Wildman–Crippen MR) is 96.6 cm³/mol. The van der Waals surface area contributed by atoms with Crippen LogP contribution < -0.4 is 5.32 Å². The Balaban J connectivity index is 2.04. The topological polar surface area (TPSA) is 89.8 Å². The maximum absolute atomic E-state index is 12.7. The van der Waals surface area contributed by atoms with Crippen LogP contribution in [0.2, 0.25) is 0 Å². The smallest absolute Gasteiger partial charge is 0.252 e. The van der Waals surface area contributed by atoms with Gasteiger partial charge in [-0.15, -0.1) is 0 Å². The standard InChI is InChI=1S/C20H31NO4/c1-13(2)17-8-7-14(3)10-20(17,25)19(24)21-11-18(23)16-6-4-5-15(9-16)12-22/h4-6,9,13-14,17-18,22-23,25H,7-8,10-12H2,1-3H3,(H,21,24)/t14?,17?,18-,20?/m1/s1. The zero-order valence-electron chi connectivity index (χ0n) is 15.4. The van der Waals surface area contributed by atoms with Crippen molar-refractivity contribution in [3.8, 4) is 0 Å². The van der Waals surface area contributed by atoms with Crippen LogP contribution in [0.3, 0.4) is 0 Å². The molecule has 1 aromatic rings. The Morgan fingerprint density at radius 3 is 2.72 bits per heavy atom. The minimum absolute atomic E-state index is 0.0369. The average Bonchev–Trinajstić information content (AvgIpc) is 2.58. The summed E-state index contributed by atoms with van der Waals surface area (Å²) in [4.78, 5) is 12.7. The van der Waals surface area contributed by atoms with Gasteiger partial charge in [-0.05, 0) is 41.7 Å².